The molecule has 0 amide bonds. The van der Waals surface area contributed by atoms with Crippen molar-refractivity contribution in [1.82, 2.24) is 9.78 Å². The molecule has 0 saturated carbocycles. The first-order valence-corrected chi connectivity index (χ1v) is 7.20. The maximum atomic E-state index is 12.0. The van der Waals surface area contributed by atoms with Gasteiger partial charge in [-0.1, -0.05) is 27.7 Å². The molecule has 1 rings (SSSR count). The van der Waals surface area contributed by atoms with Gasteiger partial charge in [0, 0.05) is 13.1 Å². The zero-order valence-corrected chi connectivity index (χ0v) is 13.2. The molecule has 18 heavy (non-hydrogen) atoms. The largest absolute Gasteiger partial charge is 0.382 e. The van der Waals surface area contributed by atoms with E-state index in [1.54, 1.807) is 6.20 Å². The van der Waals surface area contributed by atoms with Gasteiger partial charge >= 0.3 is 0 Å². The number of halogens is 1. The van der Waals surface area contributed by atoms with Crippen molar-refractivity contribution in [2.24, 2.45) is 5.41 Å². The van der Waals surface area contributed by atoms with Crippen LogP contribution in [-0.4, -0.2) is 16.3 Å². The monoisotopic (exact) mass is 315 g/mol. The number of nitrogens with zero attached hydrogens (tertiary/aromatic N) is 2. The van der Waals surface area contributed by atoms with Crippen molar-refractivity contribution in [1.29, 1.82) is 0 Å². The van der Waals surface area contributed by atoms with Gasteiger partial charge in [-0.05, 0) is 34.2 Å². The summed E-state index contributed by atoms with van der Waals surface area (Å²) in [5, 5.41) is 7.46. The second-order valence-corrected chi connectivity index (χ2v) is 6.06. The number of hydrogen-bond acceptors (Lipinski definition) is 3. The number of aryl methyl sites for hydroxylation is 1. The number of nitrogens with one attached hydrogen (secondary N) is 1. The molecular weight excluding hydrogens is 294 g/mol. The summed E-state index contributed by atoms with van der Waals surface area (Å²) in [4.78, 5) is 12.0. The van der Waals surface area contributed by atoms with Gasteiger partial charge in [0.05, 0.1) is 11.9 Å². The maximum Gasteiger partial charge on any atom is 0.283 e. The van der Waals surface area contributed by atoms with Crippen molar-refractivity contribution < 1.29 is 0 Å². The Morgan fingerprint density at radius 3 is 2.67 bits per heavy atom. The van der Waals surface area contributed by atoms with Crippen LogP contribution in [0.1, 0.15) is 40.5 Å². The molecule has 0 aromatic carbocycles. The predicted octanol–water partition coefficient (Wildman–Crippen LogP) is 3.26. The first kappa shape index (κ1) is 15.2. The minimum atomic E-state index is -0.0730. The van der Waals surface area contributed by atoms with E-state index in [4.69, 9.17) is 0 Å². The molecule has 4 nitrogen and oxygen atoms in total. The third kappa shape index (κ3) is 3.83. The molecule has 0 aliphatic carbocycles. The lowest BCUT2D eigenvalue weighted by Crippen LogP contribution is -2.27. The van der Waals surface area contributed by atoms with E-state index in [-0.39, 0.29) is 11.0 Å². The second kappa shape index (κ2) is 6.36. The Hall–Kier alpha value is -0.840. The van der Waals surface area contributed by atoms with E-state index < -0.39 is 0 Å². The number of hydrogen-bond donors (Lipinski definition) is 1. The van der Waals surface area contributed by atoms with E-state index in [0.717, 1.165) is 25.1 Å². The second-order valence-electron chi connectivity index (χ2n) is 5.27. The third-order valence-electron chi connectivity index (χ3n) is 3.13. The topological polar surface area (TPSA) is 46.9 Å². The van der Waals surface area contributed by atoms with Gasteiger partial charge in [0.15, 0.2) is 0 Å². The van der Waals surface area contributed by atoms with E-state index in [1.807, 2.05) is 6.92 Å². The molecule has 0 radical (unpaired) electrons. The summed E-state index contributed by atoms with van der Waals surface area (Å²) in [7, 11) is 0. The van der Waals surface area contributed by atoms with Crippen LogP contribution in [0.25, 0.3) is 0 Å². The molecular formula is C13H22BrN3O. The molecule has 1 aromatic rings. The van der Waals surface area contributed by atoms with Gasteiger partial charge in [0.25, 0.3) is 5.56 Å². The van der Waals surface area contributed by atoms with Crippen molar-refractivity contribution in [3.63, 3.8) is 0 Å². The Morgan fingerprint density at radius 2 is 2.11 bits per heavy atom. The summed E-state index contributed by atoms with van der Waals surface area (Å²) in [5.41, 5.74) is 0.905. The summed E-state index contributed by atoms with van der Waals surface area (Å²) in [6.45, 7) is 10.0. The number of anilines is 1. The number of aromatic nitrogens is 2. The Labute approximate surface area is 117 Å². The van der Waals surface area contributed by atoms with Crippen LogP contribution >= 0.6 is 15.9 Å². The molecule has 0 fully saturated rings. The fraction of sp³-hybridized carbons (Fsp3) is 0.692. The quantitative estimate of drug-likeness (QED) is 0.876. The van der Waals surface area contributed by atoms with Crippen molar-refractivity contribution in [2.45, 2.75) is 47.1 Å². The minimum Gasteiger partial charge on any atom is -0.382 e. The average molecular weight is 316 g/mol. The van der Waals surface area contributed by atoms with E-state index in [9.17, 15) is 4.79 Å². The summed E-state index contributed by atoms with van der Waals surface area (Å²) < 4.78 is 2.05. The summed E-state index contributed by atoms with van der Waals surface area (Å²) in [5.74, 6) is 0. The number of rotatable bonds is 6. The Bertz CT molecular complexity index is 454. The summed E-state index contributed by atoms with van der Waals surface area (Å²) in [6.07, 6.45) is 3.69. The molecule has 1 N–H and O–H groups in total. The molecule has 0 saturated heterocycles. The van der Waals surface area contributed by atoms with Crippen LogP contribution in [-0.2, 0) is 6.54 Å². The van der Waals surface area contributed by atoms with Gasteiger partial charge in [-0.2, -0.15) is 5.10 Å². The van der Waals surface area contributed by atoms with Gasteiger partial charge in [0.2, 0.25) is 0 Å². The highest BCUT2D eigenvalue weighted by atomic mass is 79.9. The standard InChI is InChI=1S/C13H22BrN3O/c1-5-7-17-12(18)11(14)10(8-16-17)15-9-13(3,4)6-2/h8,15H,5-7,9H2,1-4H3. The smallest absolute Gasteiger partial charge is 0.283 e. The molecule has 0 atom stereocenters. The fourth-order valence-corrected chi connectivity index (χ4v) is 1.87. The lowest BCUT2D eigenvalue weighted by Gasteiger charge is -2.23. The van der Waals surface area contributed by atoms with E-state index in [2.05, 4.69) is 47.1 Å². The fourth-order valence-electron chi connectivity index (χ4n) is 1.42. The molecule has 0 bridgehead atoms. The SMILES string of the molecule is CCCn1ncc(NCC(C)(C)CC)c(Br)c1=O. The lowest BCUT2D eigenvalue weighted by molar-refractivity contribution is 0.376. The molecule has 1 aromatic heterocycles. The van der Waals surface area contributed by atoms with Crippen LogP contribution in [0, 0.1) is 5.41 Å². The Balaban J connectivity index is 2.86. The summed E-state index contributed by atoms with van der Waals surface area (Å²) in [6, 6.07) is 0. The first-order valence-electron chi connectivity index (χ1n) is 6.40. The molecule has 0 aliphatic rings. The maximum absolute atomic E-state index is 12.0. The third-order valence-corrected chi connectivity index (χ3v) is 3.90. The van der Waals surface area contributed by atoms with Crippen LogP contribution in [0.5, 0.6) is 0 Å². The Morgan fingerprint density at radius 1 is 1.44 bits per heavy atom. The van der Waals surface area contributed by atoms with Gasteiger partial charge in [0.1, 0.15) is 4.47 Å². The zero-order chi connectivity index (χ0) is 13.8. The molecule has 1 heterocycles. The van der Waals surface area contributed by atoms with Crippen molar-refractivity contribution >= 4 is 21.6 Å². The van der Waals surface area contributed by atoms with Crippen LogP contribution < -0.4 is 10.9 Å². The van der Waals surface area contributed by atoms with E-state index in [1.165, 1.54) is 4.68 Å². The van der Waals surface area contributed by atoms with Crippen molar-refractivity contribution in [3.05, 3.63) is 21.0 Å². The highest BCUT2D eigenvalue weighted by Gasteiger charge is 2.16. The van der Waals surface area contributed by atoms with E-state index in [0.29, 0.717) is 11.0 Å². The summed E-state index contributed by atoms with van der Waals surface area (Å²) >= 11 is 3.35. The Kier molecular flexibility index (Phi) is 5.38. The van der Waals surface area contributed by atoms with E-state index >= 15 is 0 Å². The van der Waals surface area contributed by atoms with Gasteiger partial charge in [-0.15, -0.1) is 0 Å². The lowest BCUT2D eigenvalue weighted by atomic mass is 9.90. The highest BCUT2D eigenvalue weighted by molar-refractivity contribution is 9.10. The normalized spacial score (nSPS) is 11.6. The highest BCUT2D eigenvalue weighted by Crippen LogP contribution is 2.22. The van der Waals surface area contributed by atoms with Gasteiger partial charge in [-0.3, -0.25) is 4.79 Å². The molecule has 102 valence electrons. The van der Waals surface area contributed by atoms with Crippen LogP contribution in [0.4, 0.5) is 5.69 Å². The van der Waals surface area contributed by atoms with Crippen LogP contribution in [0.3, 0.4) is 0 Å². The average Bonchev–Trinajstić information content (AvgIpc) is 2.34. The van der Waals surface area contributed by atoms with Gasteiger partial charge < -0.3 is 5.32 Å². The molecule has 5 heteroatoms. The van der Waals surface area contributed by atoms with Crippen molar-refractivity contribution in [3.8, 4) is 0 Å². The van der Waals surface area contributed by atoms with Gasteiger partial charge in [-0.25, -0.2) is 4.68 Å². The van der Waals surface area contributed by atoms with Crippen LogP contribution in [0.2, 0.25) is 0 Å². The molecule has 0 aliphatic heterocycles. The zero-order valence-electron chi connectivity index (χ0n) is 11.6. The predicted molar refractivity (Wildman–Crippen MR) is 79.0 cm³/mol. The van der Waals surface area contributed by atoms with Crippen molar-refractivity contribution in [2.75, 3.05) is 11.9 Å². The minimum absolute atomic E-state index is 0.0730. The van der Waals surface area contributed by atoms with Crippen LogP contribution in [0.15, 0.2) is 15.5 Å². The molecule has 0 unspecified atom stereocenters. The molecule has 0 spiro atoms. The first-order chi connectivity index (χ1) is 8.41.